The molecule has 4 aliphatic heterocycles. The highest BCUT2D eigenvalue weighted by Crippen LogP contribution is 2.49. The van der Waals surface area contributed by atoms with E-state index in [9.17, 15) is 33.9 Å². The molecule has 21 nitrogen and oxygen atoms in total. The highest BCUT2D eigenvalue weighted by Gasteiger charge is 2.64. The number of hydrogen-bond acceptors (Lipinski definition) is 18. The lowest BCUT2D eigenvalue weighted by molar-refractivity contribution is -0.155. The molecule has 0 spiro atoms. The minimum atomic E-state index is -1.81. The Labute approximate surface area is 442 Å². The number of methoxy groups -OCH3 is 1. The normalized spacial score (nSPS) is 27.5. The van der Waals surface area contributed by atoms with Crippen LogP contribution in [0.15, 0.2) is 35.9 Å². The number of likely N-dealkylation sites (tertiary alicyclic amines) is 1. The molecular weight excluding hydrogens is 1010 g/mol. The van der Waals surface area contributed by atoms with Crippen molar-refractivity contribution in [3.8, 4) is 0 Å². The number of esters is 1. The Hall–Kier alpha value is -4.20. The second-order valence-electron chi connectivity index (χ2n) is 18.7. The van der Waals surface area contributed by atoms with Crippen LogP contribution in [0.4, 0.5) is 10.5 Å². The first-order valence-electron chi connectivity index (χ1n) is 25.0. The third kappa shape index (κ3) is 18.0. The maximum atomic E-state index is 14.1. The molecule has 0 radical (unpaired) electrons. The molecule has 4 aliphatic rings. The molecule has 5 rings (SSSR count). The molecule has 3 saturated heterocycles. The van der Waals surface area contributed by atoms with Crippen LogP contribution in [0.25, 0.3) is 0 Å². The van der Waals surface area contributed by atoms with Gasteiger partial charge in [-0.1, -0.05) is 48.4 Å². The van der Waals surface area contributed by atoms with Crippen LogP contribution in [0, 0.1) is 12.8 Å². The molecule has 74 heavy (non-hydrogen) atoms. The van der Waals surface area contributed by atoms with Gasteiger partial charge in [0.1, 0.15) is 23.9 Å². The number of anilines is 1. The van der Waals surface area contributed by atoms with Crippen LogP contribution in [-0.2, 0) is 77.8 Å². The molecule has 3 fully saturated rings. The van der Waals surface area contributed by atoms with Crippen LogP contribution < -0.4 is 15.5 Å². The van der Waals surface area contributed by atoms with Crippen LogP contribution in [0.1, 0.15) is 64.0 Å². The number of nitrogens with one attached hydrogen (secondary N) is 2. The number of allylic oxidation sites excluding steroid dienone is 3. The number of thioether (sulfide) groups is 1. The summed E-state index contributed by atoms with van der Waals surface area (Å²) >= 11 is 8.13. The van der Waals surface area contributed by atoms with Crippen molar-refractivity contribution >= 4 is 64.7 Å². The number of fused-ring (bicyclic) bond motifs is 5. The molecule has 3 N–H and O–H groups in total. The summed E-state index contributed by atoms with van der Waals surface area (Å²) in [5.74, 6) is -2.21. The molecule has 0 aromatic heterocycles. The average Bonchev–Trinajstić information content (AvgIpc) is 3.98. The van der Waals surface area contributed by atoms with E-state index in [2.05, 4.69) is 10.6 Å². The Bertz CT molecular complexity index is 2130. The van der Waals surface area contributed by atoms with Gasteiger partial charge in [-0.25, -0.2) is 4.79 Å². The Kier molecular flexibility index (Phi) is 24.5. The number of benzene rings is 1. The van der Waals surface area contributed by atoms with Gasteiger partial charge in [0.25, 0.3) is 0 Å². The highest BCUT2D eigenvalue weighted by molar-refractivity contribution is 8.00. The minimum Gasteiger partial charge on any atom is -0.459 e. The summed E-state index contributed by atoms with van der Waals surface area (Å²) in [6.07, 6.45) is 3.22. The molecule has 23 heteroatoms. The topological polar surface area (TPSA) is 249 Å². The lowest BCUT2D eigenvalue weighted by atomic mass is 9.83. The Balaban J connectivity index is 0.956. The first-order valence-corrected chi connectivity index (χ1v) is 26.7. The second kappa shape index (κ2) is 29.9. The Morgan fingerprint density at radius 1 is 0.892 bits per heavy atom. The van der Waals surface area contributed by atoms with E-state index < -0.39 is 53.7 Å². The monoisotopic (exact) mass is 1080 g/mol. The molecule has 1 aromatic carbocycles. The summed E-state index contributed by atoms with van der Waals surface area (Å²) in [5.41, 5.74) is 0.198. The molecule has 0 aliphatic carbocycles. The molecular formula is C51H75ClN4O17S. The lowest BCUT2D eigenvalue weighted by Gasteiger charge is -2.42. The molecule has 414 valence electrons. The number of carbonyl (C=O) groups is 6. The largest absolute Gasteiger partial charge is 0.459 e. The fourth-order valence-corrected chi connectivity index (χ4v) is 9.73. The van der Waals surface area contributed by atoms with Crippen LogP contribution in [0.5, 0.6) is 0 Å². The van der Waals surface area contributed by atoms with Gasteiger partial charge in [-0.3, -0.25) is 34.2 Å². The van der Waals surface area contributed by atoms with Gasteiger partial charge in [0.2, 0.25) is 23.6 Å². The van der Waals surface area contributed by atoms with Gasteiger partial charge < -0.3 is 62.7 Å². The number of ether oxygens (including phenoxy) is 10. The number of rotatable bonds is 27. The van der Waals surface area contributed by atoms with E-state index in [0.29, 0.717) is 83.1 Å². The average molecular weight is 1080 g/mol. The third-order valence-electron chi connectivity index (χ3n) is 13.1. The number of nitrogens with zero attached hydrogens (tertiary/aromatic N) is 2. The van der Waals surface area contributed by atoms with E-state index in [1.807, 2.05) is 39.0 Å². The number of amides is 5. The lowest BCUT2D eigenvalue weighted by Crippen LogP contribution is -2.63. The summed E-state index contributed by atoms with van der Waals surface area (Å²) in [5, 5.41) is 17.1. The smallest absolute Gasteiger partial charge is 0.409 e. The zero-order valence-corrected chi connectivity index (χ0v) is 45.2. The SMILES string of the molecule is CO[C@@H]1/C=C/C=C(\C)Cc2cc(C)c(Cl)c(c2)N(C)C(=O)C[C@H](OC(=O)CCOCCOCCOCCOCCOCCOCCNC(=O)CCN2C(=O)CC(SC)C2=O)[C@]2(C)O[C@H]2[C@H](C)[C@@H]2C[C@@]1(O)NC(=O)O2. The number of hydrogen-bond donors (Lipinski definition) is 3. The maximum absolute atomic E-state index is 14.1. The summed E-state index contributed by atoms with van der Waals surface area (Å²) in [6, 6.07) is 3.82. The van der Waals surface area contributed by atoms with Gasteiger partial charge in [-0.05, 0) is 50.6 Å². The summed E-state index contributed by atoms with van der Waals surface area (Å²) < 4.78 is 56.9. The predicted molar refractivity (Wildman–Crippen MR) is 273 cm³/mol. The fourth-order valence-electron chi connectivity index (χ4n) is 8.85. The van der Waals surface area contributed by atoms with Crippen molar-refractivity contribution in [2.24, 2.45) is 5.92 Å². The number of aliphatic hydroxyl groups is 1. The van der Waals surface area contributed by atoms with Crippen molar-refractivity contribution in [1.29, 1.82) is 0 Å². The number of imide groups is 1. The summed E-state index contributed by atoms with van der Waals surface area (Å²) in [4.78, 5) is 79.2. The third-order valence-corrected chi connectivity index (χ3v) is 14.6. The number of carbonyl (C=O) groups excluding carboxylic acids is 6. The quantitative estimate of drug-likeness (QED) is 0.0494. The molecule has 5 amide bonds. The zero-order chi connectivity index (χ0) is 53.8. The first-order chi connectivity index (χ1) is 35.4. The molecule has 1 aromatic rings. The van der Waals surface area contributed by atoms with Crippen LogP contribution >= 0.6 is 23.4 Å². The fraction of sp³-hybridized carbons (Fsp3) is 0.686. The van der Waals surface area contributed by atoms with Gasteiger partial charge in [0.05, 0.1) is 114 Å². The predicted octanol–water partition coefficient (Wildman–Crippen LogP) is 3.45. The van der Waals surface area contributed by atoms with Gasteiger partial charge in [0.15, 0.2) is 5.72 Å². The molecule has 4 heterocycles. The number of halogens is 1. The van der Waals surface area contributed by atoms with Crippen molar-refractivity contribution in [2.75, 3.05) is 118 Å². The number of epoxide rings is 1. The molecule has 8 atom stereocenters. The van der Waals surface area contributed by atoms with Crippen molar-refractivity contribution in [3.05, 3.63) is 52.1 Å². The zero-order valence-electron chi connectivity index (χ0n) is 43.7. The van der Waals surface area contributed by atoms with Gasteiger partial charge in [0, 0.05) is 52.4 Å². The van der Waals surface area contributed by atoms with E-state index in [4.69, 9.17) is 59.0 Å². The summed E-state index contributed by atoms with van der Waals surface area (Å²) in [6.45, 7) is 11.4. The number of aryl methyl sites for hydroxylation is 1. The van der Waals surface area contributed by atoms with Crippen LogP contribution in [0.2, 0.25) is 5.02 Å². The van der Waals surface area contributed by atoms with Crippen LogP contribution in [-0.4, -0.2) is 199 Å². The summed E-state index contributed by atoms with van der Waals surface area (Å²) in [7, 11) is 3.07. The Morgan fingerprint density at radius 3 is 2.09 bits per heavy atom. The van der Waals surface area contributed by atoms with Crippen molar-refractivity contribution in [3.63, 3.8) is 0 Å². The Morgan fingerprint density at radius 2 is 1.50 bits per heavy atom. The van der Waals surface area contributed by atoms with E-state index >= 15 is 0 Å². The standard InChI is InChI=1S/C51H75ClN4O17S/c1-33-9-8-10-40(64-6)51(63)32-38(71-49(62)54-51)35(3)47-50(4,73-47)41(31-43(58)55(5)37-29-36(27-33)28-34(2)46(37)52)72-45(60)12-15-65-17-19-67-21-23-69-25-26-70-24-22-68-20-18-66-16-13-53-42(57)11-14-56-44(59)30-39(74-7)48(56)61/h8-10,28-29,35,38-41,47,63H,11-27,30-32H2,1-7H3,(H,53,57)(H,54,62)/b10-8+,33-9+/t35-,38+,39?,40-,41+,47+,50+,51+/m1/s1. The van der Waals surface area contributed by atoms with Crippen molar-refractivity contribution in [1.82, 2.24) is 15.5 Å². The van der Waals surface area contributed by atoms with Gasteiger partial charge in [-0.15, -0.1) is 0 Å². The van der Waals surface area contributed by atoms with E-state index in [1.54, 1.807) is 32.4 Å². The first kappa shape index (κ1) is 60.7. The van der Waals surface area contributed by atoms with Gasteiger partial charge in [-0.2, -0.15) is 11.8 Å². The minimum absolute atomic E-state index is 0.0357. The van der Waals surface area contributed by atoms with Gasteiger partial charge >= 0.3 is 12.1 Å². The highest BCUT2D eigenvalue weighted by atomic mass is 35.5. The van der Waals surface area contributed by atoms with E-state index in [-0.39, 0.29) is 87.3 Å². The number of alkyl carbamates (subject to hydrolysis) is 1. The molecule has 1 unspecified atom stereocenters. The maximum Gasteiger partial charge on any atom is 0.409 e. The molecule has 0 saturated carbocycles. The van der Waals surface area contributed by atoms with Crippen molar-refractivity contribution < 1.29 is 81.2 Å². The van der Waals surface area contributed by atoms with E-state index in [1.165, 1.54) is 23.8 Å². The van der Waals surface area contributed by atoms with Crippen molar-refractivity contribution in [2.45, 2.75) is 107 Å². The van der Waals surface area contributed by atoms with E-state index in [0.717, 1.165) is 21.6 Å². The van der Waals surface area contributed by atoms with Crippen LogP contribution in [0.3, 0.4) is 0 Å². The second-order valence-corrected chi connectivity index (χ2v) is 20.1. The molecule has 4 bridgehead atoms.